The SMILES string of the molecule is COc1ccc(C(OC[C@H]2O[C@@H](n3ccc(N)nc3=O)C[C@@H]2O[P+](=S)[S-])(c2ccccc2)c2ccc(OC)cc2)cc1. The Balaban J connectivity index is 1.57. The van der Waals surface area contributed by atoms with E-state index in [0.29, 0.717) is 6.42 Å². The number of hydrogen-bond donors (Lipinski definition) is 1. The van der Waals surface area contributed by atoms with E-state index in [4.69, 9.17) is 53.3 Å². The Morgan fingerprint density at radius 2 is 1.55 bits per heavy atom. The van der Waals surface area contributed by atoms with E-state index < -0.39 is 35.9 Å². The highest BCUT2D eigenvalue weighted by Gasteiger charge is 2.44. The van der Waals surface area contributed by atoms with Gasteiger partial charge in [0, 0.05) is 12.6 Å². The first-order valence-electron chi connectivity index (χ1n) is 13.1. The van der Waals surface area contributed by atoms with Crippen molar-refractivity contribution in [1.82, 2.24) is 9.55 Å². The second-order valence-electron chi connectivity index (χ2n) is 9.59. The maximum Gasteiger partial charge on any atom is 0.351 e. The number of nitrogens with zero attached hydrogens (tertiary/aromatic N) is 2. The van der Waals surface area contributed by atoms with Gasteiger partial charge in [-0.1, -0.05) is 54.6 Å². The zero-order valence-electron chi connectivity index (χ0n) is 23.0. The van der Waals surface area contributed by atoms with Crippen LogP contribution in [0.25, 0.3) is 0 Å². The number of methoxy groups -OCH3 is 2. The second-order valence-corrected chi connectivity index (χ2v) is 12.9. The van der Waals surface area contributed by atoms with Crippen molar-refractivity contribution in [3.63, 3.8) is 0 Å². The summed E-state index contributed by atoms with van der Waals surface area (Å²) in [6, 6.07) is 27.0. The smallest absolute Gasteiger partial charge is 0.351 e. The lowest BCUT2D eigenvalue weighted by Gasteiger charge is -2.37. The van der Waals surface area contributed by atoms with Gasteiger partial charge >= 0.3 is 5.69 Å². The first kappa shape index (κ1) is 30.2. The number of nitrogens with two attached hydrogens (primary N) is 1. The van der Waals surface area contributed by atoms with Crippen LogP contribution in [-0.2, 0) is 43.7 Å². The molecule has 0 aliphatic carbocycles. The van der Waals surface area contributed by atoms with Crippen LogP contribution in [0.3, 0.4) is 0 Å². The van der Waals surface area contributed by atoms with Gasteiger partial charge in [0.15, 0.2) is 11.8 Å². The Bertz CT molecular complexity index is 1520. The van der Waals surface area contributed by atoms with E-state index in [-0.39, 0.29) is 12.4 Å². The molecule has 12 heteroatoms. The second kappa shape index (κ2) is 13.3. The van der Waals surface area contributed by atoms with Crippen LogP contribution in [0.4, 0.5) is 5.82 Å². The molecule has 0 spiro atoms. The molecule has 1 aromatic heterocycles. The molecule has 1 unspecified atom stereocenters. The number of ether oxygens (including phenoxy) is 4. The third-order valence-corrected chi connectivity index (χ3v) is 8.16. The summed E-state index contributed by atoms with van der Waals surface area (Å²) in [4.78, 5) is 16.4. The van der Waals surface area contributed by atoms with Crippen molar-refractivity contribution < 1.29 is 23.5 Å². The Morgan fingerprint density at radius 1 is 0.976 bits per heavy atom. The van der Waals surface area contributed by atoms with Crippen molar-refractivity contribution in [3.05, 3.63) is 118 Å². The van der Waals surface area contributed by atoms with Gasteiger partial charge in [-0.2, -0.15) is 9.51 Å². The van der Waals surface area contributed by atoms with E-state index in [1.54, 1.807) is 26.5 Å². The van der Waals surface area contributed by atoms with Gasteiger partial charge in [0.05, 0.1) is 20.8 Å². The molecule has 4 aromatic rings. The molecule has 4 atom stereocenters. The third kappa shape index (κ3) is 6.36. The fourth-order valence-corrected chi connectivity index (χ4v) is 6.28. The summed E-state index contributed by atoms with van der Waals surface area (Å²) in [7, 11) is 3.25. The van der Waals surface area contributed by atoms with E-state index in [2.05, 4.69) is 4.98 Å². The van der Waals surface area contributed by atoms with Crippen molar-refractivity contribution >= 4 is 36.0 Å². The van der Waals surface area contributed by atoms with Crippen molar-refractivity contribution in [1.29, 1.82) is 0 Å². The summed E-state index contributed by atoms with van der Waals surface area (Å²) < 4.78 is 31.6. The maximum atomic E-state index is 12.6. The molecule has 2 heterocycles. The zero-order chi connectivity index (χ0) is 29.7. The largest absolute Gasteiger partial charge is 0.497 e. The average molecular weight is 624 g/mol. The number of nitrogen functional groups attached to an aromatic ring is 1. The molecule has 1 saturated heterocycles. The zero-order valence-corrected chi connectivity index (χ0v) is 25.5. The Labute approximate surface area is 255 Å². The minimum Gasteiger partial charge on any atom is -0.497 e. The summed E-state index contributed by atoms with van der Waals surface area (Å²) in [6.07, 6.45) is -1.38. The number of hydrogen-bond acceptors (Lipinski definition) is 10. The number of anilines is 1. The van der Waals surface area contributed by atoms with Crippen LogP contribution < -0.4 is 20.9 Å². The van der Waals surface area contributed by atoms with Gasteiger partial charge in [0.25, 0.3) is 0 Å². The molecular weight excluding hydrogens is 593 g/mol. The number of aromatic nitrogens is 2. The van der Waals surface area contributed by atoms with Crippen LogP contribution in [0.15, 0.2) is 95.9 Å². The summed E-state index contributed by atoms with van der Waals surface area (Å²) in [6.45, 7) is 0.0963. The topological polar surface area (TPSA) is 107 Å². The van der Waals surface area contributed by atoms with Crippen molar-refractivity contribution in [3.8, 4) is 11.5 Å². The minimum absolute atomic E-state index is 0.0963. The van der Waals surface area contributed by atoms with Gasteiger partial charge in [0.1, 0.15) is 41.4 Å². The molecule has 42 heavy (non-hydrogen) atoms. The van der Waals surface area contributed by atoms with E-state index in [1.807, 2.05) is 78.9 Å². The maximum absolute atomic E-state index is 12.6. The Hall–Kier alpha value is -3.31. The molecule has 0 radical (unpaired) electrons. The molecule has 0 saturated carbocycles. The molecule has 1 aliphatic heterocycles. The lowest BCUT2D eigenvalue weighted by Crippen LogP contribution is -2.38. The minimum atomic E-state index is -1.54. The van der Waals surface area contributed by atoms with E-state index in [1.165, 1.54) is 4.57 Å². The van der Waals surface area contributed by atoms with Crippen molar-refractivity contribution in [2.24, 2.45) is 0 Å². The van der Waals surface area contributed by atoms with Gasteiger partial charge in [-0.3, -0.25) is 4.57 Å². The molecule has 1 aliphatic rings. The molecule has 218 valence electrons. The summed E-state index contributed by atoms with van der Waals surface area (Å²) in [5, 5.41) is 0. The summed E-state index contributed by atoms with van der Waals surface area (Å²) in [5.74, 6) is 1.57. The van der Waals surface area contributed by atoms with Gasteiger partial charge < -0.3 is 36.9 Å². The van der Waals surface area contributed by atoms with Crippen LogP contribution in [0.1, 0.15) is 29.3 Å². The molecule has 1 fully saturated rings. The lowest BCUT2D eigenvalue weighted by molar-refractivity contribution is -0.0904. The first-order chi connectivity index (χ1) is 20.3. The van der Waals surface area contributed by atoms with Gasteiger partial charge in [-0.05, 0) is 47.0 Å². The quantitative estimate of drug-likeness (QED) is 0.142. The predicted molar refractivity (Wildman–Crippen MR) is 166 cm³/mol. The highest BCUT2D eigenvalue weighted by atomic mass is 32.9. The average Bonchev–Trinajstić information content (AvgIpc) is 3.40. The van der Waals surface area contributed by atoms with Crippen LogP contribution in [0.2, 0.25) is 0 Å². The molecule has 5 rings (SSSR count). The first-order valence-corrected chi connectivity index (χ1v) is 16.4. The normalized spacial score (nSPS) is 18.9. The van der Waals surface area contributed by atoms with Crippen molar-refractivity contribution in [2.75, 3.05) is 26.6 Å². The van der Waals surface area contributed by atoms with E-state index >= 15 is 0 Å². The summed E-state index contributed by atoms with van der Waals surface area (Å²) >= 11 is 10.5. The fraction of sp³-hybridized carbons (Fsp3) is 0.267. The van der Waals surface area contributed by atoms with Gasteiger partial charge in [-0.15, -0.1) is 0 Å². The molecule has 9 nitrogen and oxygen atoms in total. The lowest BCUT2D eigenvalue weighted by atomic mass is 9.80. The summed E-state index contributed by atoms with van der Waals surface area (Å²) in [5.41, 5.74) is 6.77. The standard InChI is InChI=1S/C30H30N3O6PS2/c1-35-23-12-8-21(9-13-23)30(20-6-4-3-5-7-20,22-10-14-24(36-2)15-11-22)37-19-26-25(39-40(41)42)18-28(38-26)33-17-16-27(31)32-29(33)34/h3-17,25-26,28H,18-19H2,1-2H3,(H2,31,32,34)/t25-,26+,28+/m0/s1. The van der Waals surface area contributed by atoms with Crippen LogP contribution in [-0.4, -0.2) is 42.6 Å². The molecular formula is C30H30N3O6PS2. The van der Waals surface area contributed by atoms with Gasteiger partial charge in [-0.25, -0.2) is 4.79 Å². The highest BCUT2D eigenvalue weighted by Crippen LogP contribution is 2.43. The predicted octanol–water partition coefficient (Wildman–Crippen LogP) is 4.84. The molecule has 0 bridgehead atoms. The van der Waals surface area contributed by atoms with E-state index in [9.17, 15) is 4.79 Å². The number of benzene rings is 3. The van der Waals surface area contributed by atoms with Crippen molar-refractivity contribution in [2.45, 2.75) is 30.5 Å². The van der Waals surface area contributed by atoms with Crippen LogP contribution in [0, 0.1) is 0 Å². The van der Waals surface area contributed by atoms with Gasteiger partial charge in [0.2, 0.25) is 6.13 Å². The highest BCUT2D eigenvalue weighted by molar-refractivity contribution is 8.45. The Kier molecular flexibility index (Phi) is 9.57. The van der Waals surface area contributed by atoms with Crippen LogP contribution >= 0.6 is 6.13 Å². The fourth-order valence-electron chi connectivity index (χ4n) is 5.17. The molecule has 0 amide bonds. The third-order valence-electron chi connectivity index (χ3n) is 7.20. The number of rotatable bonds is 11. The monoisotopic (exact) mass is 623 g/mol. The molecule has 2 N–H and O–H groups in total. The molecule has 3 aromatic carbocycles. The van der Waals surface area contributed by atoms with Crippen LogP contribution in [0.5, 0.6) is 11.5 Å². The van der Waals surface area contributed by atoms with E-state index in [0.717, 1.165) is 28.2 Å². The Morgan fingerprint density at radius 3 is 2.07 bits per heavy atom.